The first-order chi connectivity index (χ1) is 10.8. The largest absolute Gasteiger partial charge is 0.354 e. The molecule has 0 bridgehead atoms. The van der Waals surface area contributed by atoms with E-state index in [1.807, 2.05) is 18.2 Å². The maximum atomic E-state index is 10.6. The van der Waals surface area contributed by atoms with Crippen LogP contribution in [0, 0.1) is 5.41 Å². The predicted octanol–water partition coefficient (Wildman–Crippen LogP) is 1.01. The SMILES string of the molecule is O=Cc1ccc(CN2CC3(C2)CN(c2cccnn2)C3)cn1. The molecule has 6 nitrogen and oxygen atoms in total. The zero-order chi connectivity index (χ0) is 15.0. The molecule has 2 fully saturated rings. The van der Waals surface area contributed by atoms with Crippen molar-refractivity contribution in [3.05, 3.63) is 47.9 Å². The molecule has 4 rings (SSSR count). The molecule has 4 heterocycles. The lowest BCUT2D eigenvalue weighted by atomic mass is 9.72. The summed E-state index contributed by atoms with van der Waals surface area (Å²) >= 11 is 0. The third-order valence-electron chi connectivity index (χ3n) is 4.43. The van der Waals surface area contributed by atoms with Gasteiger partial charge in [0, 0.05) is 50.5 Å². The Bertz CT molecular complexity index is 659. The topological polar surface area (TPSA) is 62.2 Å². The first-order valence-electron chi connectivity index (χ1n) is 7.42. The van der Waals surface area contributed by atoms with Gasteiger partial charge in [0.25, 0.3) is 0 Å². The van der Waals surface area contributed by atoms with Crippen LogP contribution in [0.2, 0.25) is 0 Å². The summed E-state index contributed by atoms with van der Waals surface area (Å²) in [5, 5.41) is 8.08. The Morgan fingerprint density at radius 2 is 2.05 bits per heavy atom. The summed E-state index contributed by atoms with van der Waals surface area (Å²) in [5.74, 6) is 0.972. The van der Waals surface area contributed by atoms with Gasteiger partial charge in [-0.25, -0.2) is 0 Å². The van der Waals surface area contributed by atoms with Gasteiger partial charge in [0.2, 0.25) is 0 Å². The van der Waals surface area contributed by atoms with Crippen molar-refractivity contribution in [1.29, 1.82) is 0 Å². The van der Waals surface area contributed by atoms with Crippen molar-refractivity contribution in [3.63, 3.8) is 0 Å². The Balaban J connectivity index is 1.29. The van der Waals surface area contributed by atoms with Crippen LogP contribution in [0.4, 0.5) is 5.82 Å². The number of rotatable bonds is 4. The lowest BCUT2D eigenvalue weighted by Gasteiger charge is -2.60. The standard InChI is InChI=1S/C16H17N5O/c22-8-14-4-3-13(6-17-14)7-20-9-16(10-20)11-21(12-16)15-2-1-5-18-19-15/h1-6,8H,7,9-12H2. The molecule has 1 spiro atoms. The highest BCUT2D eigenvalue weighted by molar-refractivity contribution is 5.71. The van der Waals surface area contributed by atoms with E-state index in [9.17, 15) is 4.79 Å². The van der Waals surface area contributed by atoms with Crippen molar-refractivity contribution in [2.24, 2.45) is 5.41 Å². The van der Waals surface area contributed by atoms with Crippen LogP contribution < -0.4 is 4.90 Å². The summed E-state index contributed by atoms with van der Waals surface area (Å²) in [6.07, 6.45) is 4.27. The van der Waals surface area contributed by atoms with Gasteiger partial charge in [0.1, 0.15) is 5.69 Å². The van der Waals surface area contributed by atoms with Gasteiger partial charge >= 0.3 is 0 Å². The van der Waals surface area contributed by atoms with E-state index in [1.54, 1.807) is 18.5 Å². The van der Waals surface area contributed by atoms with E-state index in [-0.39, 0.29) is 0 Å². The minimum Gasteiger partial charge on any atom is -0.354 e. The monoisotopic (exact) mass is 295 g/mol. The summed E-state index contributed by atoms with van der Waals surface area (Å²) in [6, 6.07) is 7.69. The first kappa shape index (κ1) is 13.3. The summed E-state index contributed by atoms with van der Waals surface area (Å²) in [7, 11) is 0. The Morgan fingerprint density at radius 3 is 2.68 bits per heavy atom. The van der Waals surface area contributed by atoms with E-state index in [0.717, 1.165) is 50.4 Å². The summed E-state index contributed by atoms with van der Waals surface area (Å²) in [6.45, 7) is 5.24. The van der Waals surface area contributed by atoms with Crippen LogP contribution in [0.15, 0.2) is 36.7 Å². The number of nitrogens with zero attached hydrogens (tertiary/aromatic N) is 5. The molecule has 2 aromatic rings. The number of aldehydes is 1. The molecule has 0 saturated carbocycles. The highest BCUT2D eigenvalue weighted by Gasteiger charge is 2.51. The molecule has 0 aromatic carbocycles. The van der Waals surface area contributed by atoms with Crippen molar-refractivity contribution < 1.29 is 4.79 Å². The van der Waals surface area contributed by atoms with Gasteiger partial charge < -0.3 is 4.90 Å². The van der Waals surface area contributed by atoms with Crippen LogP contribution >= 0.6 is 0 Å². The Hall–Kier alpha value is -2.34. The van der Waals surface area contributed by atoms with E-state index in [2.05, 4.69) is 25.0 Å². The molecule has 0 unspecified atom stereocenters. The summed E-state index contributed by atoms with van der Waals surface area (Å²) in [4.78, 5) is 19.4. The minimum atomic E-state index is 0.424. The molecule has 0 amide bonds. The molecule has 0 radical (unpaired) electrons. The summed E-state index contributed by atoms with van der Waals surface area (Å²) in [5.41, 5.74) is 2.07. The molecule has 2 aliphatic heterocycles. The van der Waals surface area contributed by atoms with Gasteiger partial charge in [-0.15, -0.1) is 5.10 Å². The number of likely N-dealkylation sites (tertiary alicyclic amines) is 1. The Morgan fingerprint density at radius 1 is 1.18 bits per heavy atom. The Labute approximate surface area is 128 Å². The van der Waals surface area contributed by atoms with Crippen LogP contribution in [0.5, 0.6) is 0 Å². The van der Waals surface area contributed by atoms with Gasteiger partial charge in [-0.3, -0.25) is 14.7 Å². The molecule has 0 aliphatic carbocycles. The van der Waals surface area contributed by atoms with Crippen molar-refractivity contribution >= 4 is 12.1 Å². The zero-order valence-corrected chi connectivity index (χ0v) is 12.2. The quantitative estimate of drug-likeness (QED) is 0.784. The lowest BCUT2D eigenvalue weighted by molar-refractivity contribution is -0.0277. The second-order valence-electron chi connectivity index (χ2n) is 6.29. The number of hydrogen-bond donors (Lipinski definition) is 0. The average molecular weight is 295 g/mol. The number of hydrogen-bond acceptors (Lipinski definition) is 6. The number of aromatic nitrogens is 3. The van der Waals surface area contributed by atoms with Gasteiger partial charge in [0.15, 0.2) is 12.1 Å². The molecule has 2 saturated heterocycles. The molecule has 2 aromatic heterocycles. The highest BCUT2D eigenvalue weighted by Crippen LogP contribution is 2.41. The number of pyridine rings is 1. The maximum absolute atomic E-state index is 10.6. The smallest absolute Gasteiger partial charge is 0.168 e. The molecule has 2 aliphatic rings. The fourth-order valence-electron chi connectivity index (χ4n) is 3.46. The molecule has 22 heavy (non-hydrogen) atoms. The molecular formula is C16H17N5O. The van der Waals surface area contributed by atoms with Crippen LogP contribution in [0.25, 0.3) is 0 Å². The van der Waals surface area contributed by atoms with Crippen LogP contribution in [0.3, 0.4) is 0 Å². The first-order valence-corrected chi connectivity index (χ1v) is 7.42. The highest BCUT2D eigenvalue weighted by atomic mass is 16.1. The number of carbonyl (C=O) groups excluding carboxylic acids is 1. The lowest BCUT2D eigenvalue weighted by Crippen LogP contribution is -2.72. The van der Waals surface area contributed by atoms with Gasteiger partial charge in [-0.2, -0.15) is 5.10 Å². The fourth-order valence-corrected chi connectivity index (χ4v) is 3.46. The van der Waals surface area contributed by atoms with E-state index in [0.29, 0.717) is 11.1 Å². The van der Waals surface area contributed by atoms with E-state index in [1.165, 1.54) is 0 Å². The third kappa shape index (κ3) is 2.35. The number of anilines is 1. The Kier molecular flexibility index (Phi) is 3.11. The van der Waals surface area contributed by atoms with E-state index < -0.39 is 0 Å². The maximum Gasteiger partial charge on any atom is 0.168 e. The van der Waals surface area contributed by atoms with Crippen LogP contribution in [0.1, 0.15) is 16.1 Å². The molecule has 0 atom stereocenters. The third-order valence-corrected chi connectivity index (χ3v) is 4.43. The predicted molar refractivity (Wildman–Crippen MR) is 81.6 cm³/mol. The normalized spacial score (nSPS) is 19.5. The van der Waals surface area contributed by atoms with E-state index in [4.69, 9.17) is 0 Å². The minimum absolute atomic E-state index is 0.424. The van der Waals surface area contributed by atoms with Crippen molar-refractivity contribution in [3.8, 4) is 0 Å². The molecule has 112 valence electrons. The van der Waals surface area contributed by atoms with E-state index >= 15 is 0 Å². The van der Waals surface area contributed by atoms with Gasteiger partial charge in [-0.1, -0.05) is 6.07 Å². The summed E-state index contributed by atoms with van der Waals surface area (Å²) < 4.78 is 0. The van der Waals surface area contributed by atoms with Crippen molar-refractivity contribution in [2.45, 2.75) is 6.54 Å². The van der Waals surface area contributed by atoms with Crippen molar-refractivity contribution in [2.75, 3.05) is 31.1 Å². The second kappa shape index (κ2) is 5.14. The molecule has 6 heteroatoms. The van der Waals surface area contributed by atoms with Crippen molar-refractivity contribution in [1.82, 2.24) is 20.1 Å². The molecule has 0 N–H and O–H groups in total. The van der Waals surface area contributed by atoms with Gasteiger partial charge in [0.05, 0.1) is 0 Å². The average Bonchev–Trinajstić information content (AvgIpc) is 2.50. The fraction of sp³-hybridized carbons (Fsp3) is 0.375. The van der Waals surface area contributed by atoms with Crippen LogP contribution in [-0.4, -0.2) is 52.5 Å². The second-order valence-corrected chi connectivity index (χ2v) is 6.29. The van der Waals surface area contributed by atoms with Crippen LogP contribution in [-0.2, 0) is 6.54 Å². The molecular weight excluding hydrogens is 278 g/mol. The number of carbonyl (C=O) groups is 1. The zero-order valence-electron chi connectivity index (χ0n) is 12.2. The van der Waals surface area contributed by atoms with Gasteiger partial charge in [-0.05, 0) is 23.8 Å².